The van der Waals surface area contributed by atoms with E-state index in [1.54, 1.807) is 30.4 Å². The van der Waals surface area contributed by atoms with Gasteiger partial charge in [-0.2, -0.15) is 0 Å². The van der Waals surface area contributed by atoms with Gasteiger partial charge in [0.2, 0.25) is 0 Å². The highest BCUT2D eigenvalue weighted by Gasteiger charge is 2.11. The Labute approximate surface area is 89.5 Å². The Morgan fingerprint density at radius 1 is 1.67 bits per heavy atom. The lowest BCUT2D eigenvalue weighted by atomic mass is 10.1. The summed E-state index contributed by atoms with van der Waals surface area (Å²) in [6, 6.07) is 0. The fraction of sp³-hybridized carbons (Fsp3) is 0.250. The SMILES string of the molecule is C=C(C1=NC(O)CC=C1)/C(O)=C\C=C/C. The largest absolute Gasteiger partial charge is 0.507 e. The van der Waals surface area contributed by atoms with Gasteiger partial charge in [-0.1, -0.05) is 24.8 Å². The van der Waals surface area contributed by atoms with E-state index in [2.05, 4.69) is 11.6 Å². The Balaban J connectivity index is 2.81. The van der Waals surface area contributed by atoms with Crippen molar-refractivity contribution in [1.82, 2.24) is 0 Å². The van der Waals surface area contributed by atoms with Crippen molar-refractivity contribution in [3.8, 4) is 0 Å². The maximum absolute atomic E-state index is 9.60. The molecule has 1 aliphatic heterocycles. The van der Waals surface area contributed by atoms with Gasteiger partial charge in [0.25, 0.3) is 0 Å². The molecule has 0 bridgehead atoms. The topological polar surface area (TPSA) is 52.8 Å². The Morgan fingerprint density at radius 3 is 3.00 bits per heavy atom. The number of nitrogens with zero attached hydrogens (tertiary/aromatic N) is 1. The van der Waals surface area contributed by atoms with E-state index in [-0.39, 0.29) is 5.76 Å². The number of aliphatic hydroxyl groups is 2. The van der Waals surface area contributed by atoms with Crippen LogP contribution in [0.5, 0.6) is 0 Å². The van der Waals surface area contributed by atoms with Gasteiger partial charge in [0.15, 0.2) is 0 Å². The van der Waals surface area contributed by atoms with Gasteiger partial charge >= 0.3 is 0 Å². The van der Waals surface area contributed by atoms with Gasteiger partial charge in [-0.15, -0.1) is 0 Å². The first-order chi connectivity index (χ1) is 7.15. The average Bonchev–Trinajstić information content (AvgIpc) is 2.24. The summed E-state index contributed by atoms with van der Waals surface area (Å²) in [7, 11) is 0. The molecule has 3 heteroatoms. The van der Waals surface area contributed by atoms with Crippen molar-refractivity contribution >= 4 is 5.71 Å². The van der Waals surface area contributed by atoms with E-state index >= 15 is 0 Å². The first-order valence-electron chi connectivity index (χ1n) is 4.79. The fourth-order valence-electron chi connectivity index (χ4n) is 1.16. The molecule has 2 N–H and O–H groups in total. The number of hydrogen-bond acceptors (Lipinski definition) is 3. The zero-order chi connectivity index (χ0) is 11.3. The molecule has 1 heterocycles. The van der Waals surface area contributed by atoms with Crippen LogP contribution < -0.4 is 0 Å². The number of dihydropyridines is 1. The van der Waals surface area contributed by atoms with E-state index < -0.39 is 6.23 Å². The molecule has 0 fully saturated rings. The maximum Gasteiger partial charge on any atom is 0.149 e. The minimum atomic E-state index is -0.726. The number of rotatable bonds is 3. The first kappa shape index (κ1) is 11.5. The lowest BCUT2D eigenvalue weighted by Gasteiger charge is -2.12. The van der Waals surface area contributed by atoms with Crippen molar-refractivity contribution in [2.45, 2.75) is 19.6 Å². The molecule has 0 aromatic heterocycles. The average molecular weight is 205 g/mol. The second-order valence-corrected chi connectivity index (χ2v) is 3.19. The van der Waals surface area contributed by atoms with Crippen LogP contribution in [0.2, 0.25) is 0 Å². The van der Waals surface area contributed by atoms with Crippen LogP contribution >= 0.6 is 0 Å². The van der Waals surface area contributed by atoms with E-state index in [0.29, 0.717) is 17.7 Å². The van der Waals surface area contributed by atoms with E-state index in [1.807, 2.05) is 6.92 Å². The zero-order valence-corrected chi connectivity index (χ0v) is 8.72. The van der Waals surface area contributed by atoms with Crippen molar-refractivity contribution in [3.63, 3.8) is 0 Å². The van der Waals surface area contributed by atoms with Gasteiger partial charge in [0.05, 0.1) is 5.71 Å². The third kappa shape index (κ3) is 3.22. The highest BCUT2D eigenvalue weighted by molar-refractivity contribution is 6.10. The van der Waals surface area contributed by atoms with E-state index in [0.717, 1.165) is 0 Å². The van der Waals surface area contributed by atoms with Crippen LogP contribution in [0.3, 0.4) is 0 Å². The van der Waals surface area contributed by atoms with Crippen molar-refractivity contribution in [1.29, 1.82) is 0 Å². The molecule has 1 aliphatic rings. The molecule has 0 amide bonds. The number of aliphatic imine (C=N–C) groups is 1. The smallest absolute Gasteiger partial charge is 0.149 e. The lowest BCUT2D eigenvalue weighted by molar-refractivity contribution is 0.187. The van der Waals surface area contributed by atoms with Crippen molar-refractivity contribution < 1.29 is 10.2 Å². The molecule has 80 valence electrons. The summed E-state index contributed by atoms with van der Waals surface area (Å²) in [5.74, 6) is 0.0607. The van der Waals surface area contributed by atoms with Crippen LogP contribution in [-0.4, -0.2) is 22.2 Å². The Bertz CT molecular complexity index is 362. The summed E-state index contributed by atoms with van der Waals surface area (Å²) < 4.78 is 0. The molecule has 3 nitrogen and oxygen atoms in total. The number of aliphatic hydroxyl groups excluding tert-OH is 2. The monoisotopic (exact) mass is 205 g/mol. The van der Waals surface area contributed by atoms with Gasteiger partial charge in [-0.3, -0.25) is 4.99 Å². The molecule has 0 spiro atoms. The quantitative estimate of drug-likeness (QED) is 0.548. The molecule has 1 rings (SSSR count). The van der Waals surface area contributed by atoms with E-state index in [4.69, 9.17) is 0 Å². The summed E-state index contributed by atoms with van der Waals surface area (Å²) in [6.45, 7) is 5.58. The van der Waals surface area contributed by atoms with Crippen molar-refractivity contribution in [3.05, 3.63) is 48.3 Å². The predicted octanol–water partition coefficient (Wildman–Crippen LogP) is 2.28. The first-order valence-corrected chi connectivity index (χ1v) is 4.79. The highest BCUT2D eigenvalue weighted by atomic mass is 16.3. The van der Waals surface area contributed by atoms with E-state index in [9.17, 15) is 10.2 Å². The summed E-state index contributed by atoms with van der Waals surface area (Å²) in [5.41, 5.74) is 0.940. The maximum atomic E-state index is 9.60. The second kappa shape index (κ2) is 5.32. The molecule has 0 aromatic rings. The van der Waals surface area contributed by atoms with Gasteiger partial charge in [-0.05, 0) is 19.1 Å². The molecular formula is C12H15NO2. The van der Waals surface area contributed by atoms with E-state index in [1.165, 1.54) is 0 Å². The molecule has 15 heavy (non-hydrogen) atoms. The van der Waals surface area contributed by atoms with Crippen LogP contribution in [0.1, 0.15) is 13.3 Å². The second-order valence-electron chi connectivity index (χ2n) is 3.19. The number of allylic oxidation sites excluding steroid dienone is 5. The van der Waals surface area contributed by atoms with Crippen LogP contribution in [-0.2, 0) is 0 Å². The summed E-state index contributed by atoms with van der Waals surface area (Å²) >= 11 is 0. The molecule has 0 aromatic carbocycles. The Morgan fingerprint density at radius 2 is 2.40 bits per heavy atom. The minimum absolute atomic E-state index is 0.0607. The predicted molar refractivity (Wildman–Crippen MR) is 61.9 cm³/mol. The molecule has 0 saturated heterocycles. The van der Waals surface area contributed by atoms with Crippen LogP contribution in [0, 0.1) is 0 Å². The molecule has 0 saturated carbocycles. The summed E-state index contributed by atoms with van der Waals surface area (Å²) in [6.07, 6.45) is 8.39. The van der Waals surface area contributed by atoms with Crippen molar-refractivity contribution in [2.24, 2.45) is 4.99 Å². The van der Waals surface area contributed by atoms with Gasteiger partial charge < -0.3 is 10.2 Å². The third-order valence-corrected chi connectivity index (χ3v) is 1.98. The molecule has 0 radical (unpaired) electrons. The lowest BCUT2D eigenvalue weighted by Crippen LogP contribution is -2.12. The highest BCUT2D eigenvalue weighted by Crippen LogP contribution is 2.13. The van der Waals surface area contributed by atoms with Gasteiger partial charge in [0.1, 0.15) is 12.0 Å². The van der Waals surface area contributed by atoms with Gasteiger partial charge in [-0.25, -0.2) is 0 Å². The third-order valence-electron chi connectivity index (χ3n) is 1.98. The fourth-order valence-corrected chi connectivity index (χ4v) is 1.16. The van der Waals surface area contributed by atoms with Crippen LogP contribution in [0.15, 0.2) is 53.3 Å². The van der Waals surface area contributed by atoms with Crippen LogP contribution in [0.25, 0.3) is 0 Å². The zero-order valence-electron chi connectivity index (χ0n) is 8.72. The van der Waals surface area contributed by atoms with Crippen LogP contribution in [0.4, 0.5) is 0 Å². The summed E-state index contributed by atoms with van der Waals surface area (Å²) in [5, 5.41) is 18.9. The molecular weight excluding hydrogens is 190 g/mol. The molecule has 0 aliphatic carbocycles. The Kier molecular flexibility index (Phi) is 4.06. The molecule has 1 unspecified atom stereocenters. The standard InChI is InChI=1S/C12H15NO2/c1-3-4-7-11(14)9(2)10-6-5-8-12(15)13-10/h3-7,12,14-15H,2,8H2,1H3/b4-3-,11-7+. The van der Waals surface area contributed by atoms with Gasteiger partial charge in [0, 0.05) is 12.0 Å². The minimum Gasteiger partial charge on any atom is -0.507 e. The normalized spacial score (nSPS) is 21.9. The van der Waals surface area contributed by atoms with Crippen molar-refractivity contribution in [2.75, 3.05) is 0 Å². The number of hydrogen-bond donors (Lipinski definition) is 2. The summed E-state index contributed by atoms with van der Waals surface area (Å²) in [4.78, 5) is 3.97. The molecule has 1 atom stereocenters. The Hall–Kier alpha value is -1.61.